The van der Waals surface area contributed by atoms with Crippen molar-refractivity contribution >= 4 is 62.6 Å². The first-order chi connectivity index (χ1) is 14.5. The number of anilines is 2. The van der Waals surface area contributed by atoms with E-state index in [1.165, 1.54) is 4.80 Å². The number of methoxy groups -OCH3 is 1. The van der Waals surface area contributed by atoms with Crippen LogP contribution in [0.4, 0.5) is 11.4 Å². The molecule has 30 heavy (non-hydrogen) atoms. The highest BCUT2D eigenvalue weighted by Crippen LogP contribution is 2.39. The predicted octanol–water partition coefficient (Wildman–Crippen LogP) is 5.76. The van der Waals surface area contributed by atoms with Crippen LogP contribution >= 0.6 is 40.0 Å². The smallest absolute Gasteiger partial charge is 0.167 e. The third kappa shape index (κ3) is 4.38. The summed E-state index contributed by atoms with van der Waals surface area (Å²) >= 11 is 8.60. The number of hydrogen-bond acceptors (Lipinski definition) is 6. The summed E-state index contributed by atoms with van der Waals surface area (Å²) < 4.78 is 7.73. The lowest BCUT2D eigenvalue weighted by molar-refractivity contribution is 0.418. The first kappa shape index (κ1) is 22.7. The van der Waals surface area contributed by atoms with Crippen LogP contribution in [0.5, 0.6) is 5.75 Å². The Hall–Kier alpha value is -1.97. The standard InChI is InChI=1S/C17H16ClIN7OP.C2H6/c1-9-21-15-12(7-14(18)23-17(15)26(9)28-19)22-11-6-4-5-10(16(11)27-3)13-8-20-25(2)24-13;1-2/h4-8,28H,1-3H3,(H,22,23);1-2H3. The van der Waals surface area contributed by atoms with Gasteiger partial charge in [0.25, 0.3) is 0 Å². The summed E-state index contributed by atoms with van der Waals surface area (Å²) in [5.41, 5.74) is 4.63. The van der Waals surface area contributed by atoms with Crippen molar-refractivity contribution in [1.29, 1.82) is 0 Å². The molecule has 4 rings (SSSR count). The zero-order chi connectivity index (χ0) is 21.8. The molecule has 1 unspecified atom stereocenters. The van der Waals surface area contributed by atoms with Crippen molar-refractivity contribution in [3.8, 4) is 17.0 Å². The molecule has 0 spiro atoms. The molecule has 1 N–H and O–H groups in total. The van der Waals surface area contributed by atoms with E-state index in [1.807, 2.05) is 43.3 Å². The maximum absolute atomic E-state index is 6.29. The fraction of sp³-hybridized carbons (Fsp3) is 0.263. The third-order valence-corrected chi connectivity index (χ3v) is 6.55. The fourth-order valence-electron chi connectivity index (χ4n) is 2.99. The zero-order valence-corrected chi connectivity index (χ0v) is 21.1. The van der Waals surface area contributed by atoms with Crippen LogP contribution < -0.4 is 10.1 Å². The maximum atomic E-state index is 6.29. The number of nitrogens with zero attached hydrogens (tertiary/aromatic N) is 6. The minimum absolute atomic E-state index is 0.398. The Kier molecular flexibility index (Phi) is 7.49. The van der Waals surface area contributed by atoms with Gasteiger partial charge in [0.05, 0.1) is 31.1 Å². The summed E-state index contributed by atoms with van der Waals surface area (Å²) in [6, 6.07) is 7.58. The number of aryl methyl sites for hydroxylation is 2. The van der Waals surface area contributed by atoms with Crippen LogP contribution in [0, 0.1) is 6.92 Å². The van der Waals surface area contributed by atoms with E-state index in [2.05, 4.69) is 47.5 Å². The second-order valence-electron chi connectivity index (χ2n) is 5.97. The van der Waals surface area contributed by atoms with Gasteiger partial charge < -0.3 is 10.1 Å². The Bertz CT molecular complexity index is 1180. The lowest BCUT2D eigenvalue weighted by atomic mass is 10.1. The Morgan fingerprint density at radius 3 is 2.60 bits per heavy atom. The van der Waals surface area contributed by atoms with Crippen LogP contribution in [-0.4, -0.2) is 36.4 Å². The molecule has 0 aliphatic carbocycles. The largest absolute Gasteiger partial charge is 0.494 e. The molecule has 3 heterocycles. The quantitative estimate of drug-likeness (QED) is 0.191. The van der Waals surface area contributed by atoms with E-state index >= 15 is 0 Å². The van der Waals surface area contributed by atoms with Crippen LogP contribution in [-0.2, 0) is 7.05 Å². The van der Waals surface area contributed by atoms with Crippen LogP contribution in [0.3, 0.4) is 0 Å². The van der Waals surface area contributed by atoms with E-state index in [0.717, 1.165) is 39.6 Å². The van der Waals surface area contributed by atoms with Crippen molar-refractivity contribution in [2.24, 2.45) is 7.05 Å². The van der Waals surface area contributed by atoms with Crippen LogP contribution in [0.15, 0.2) is 30.5 Å². The van der Waals surface area contributed by atoms with Crippen molar-refractivity contribution in [3.63, 3.8) is 0 Å². The van der Waals surface area contributed by atoms with Crippen molar-refractivity contribution in [1.82, 2.24) is 29.3 Å². The van der Waals surface area contributed by atoms with Gasteiger partial charge in [0.2, 0.25) is 0 Å². The number of benzene rings is 1. The average molecular weight is 558 g/mol. The lowest BCUT2D eigenvalue weighted by Crippen LogP contribution is -1.99. The number of imidazole rings is 1. The van der Waals surface area contributed by atoms with E-state index in [0.29, 0.717) is 17.3 Å². The molecule has 1 aromatic carbocycles. The molecule has 0 amide bonds. The average Bonchev–Trinajstić information content (AvgIpc) is 3.31. The first-order valence-electron chi connectivity index (χ1n) is 9.24. The van der Waals surface area contributed by atoms with Gasteiger partial charge in [-0.15, -0.1) is 0 Å². The Labute approximate surface area is 194 Å². The highest BCUT2D eigenvalue weighted by molar-refractivity contribution is 14.2. The minimum atomic E-state index is 0.398. The van der Waals surface area contributed by atoms with Gasteiger partial charge in [-0.05, 0) is 41.1 Å². The second-order valence-corrected chi connectivity index (χ2v) is 8.43. The molecule has 0 bridgehead atoms. The maximum Gasteiger partial charge on any atom is 0.167 e. The minimum Gasteiger partial charge on any atom is -0.494 e. The molecule has 0 saturated carbocycles. The lowest BCUT2D eigenvalue weighted by Gasteiger charge is -2.14. The van der Waals surface area contributed by atoms with Gasteiger partial charge in [-0.3, -0.25) is 4.34 Å². The molecule has 0 fully saturated rings. The molecule has 0 aliphatic heterocycles. The first-order valence-corrected chi connectivity index (χ1v) is 13.7. The van der Waals surface area contributed by atoms with E-state index in [9.17, 15) is 0 Å². The number of nitrogens with one attached hydrogen (secondary N) is 1. The van der Waals surface area contributed by atoms with Gasteiger partial charge in [-0.2, -0.15) is 15.0 Å². The molecule has 0 aliphatic rings. The SMILES string of the molecule is CC.COc1c(Nc2cc(Cl)nc3c2nc(C)n3PI)cccc1-c1cnn(C)n1. The number of pyridine rings is 1. The second kappa shape index (κ2) is 9.89. The van der Waals surface area contributed by atoms with E-state index in [4.69, 9.17) is 16.3 Å². The molecular formula is C19H22ClIN7OP. The molecule has 3 aromatic heterocycles. The van der Waals surface area contributed by atoms with E-state index in [1.54, 1.807) is 26.4 Å². The van der Waals surface area contributed by atoms with E-state index in [-0.39, 0.29) is 0 Å². The molecule has 158 valence electrons. The summed E-state index contributed by atoms with van der Waals surface area (Å²) in [6.07, 6.45) is 2.18. The third-order valence-electron chi connectivity index (χ3n) is 4.20. The number of para-hydroxylation sites is 1. The predicted molar refractivity (Wildman–Crippen MR) is 133 cm³/mol. The number of halogens is 2. The molecule has 11 heteroatoms. The van der Waals surface area contributed by atoms with Gasteiger partial charge in [0.15, 0.2) is 11.4 Å². The topological polar surface area (TPSA) is 82.7 Å². The number of rotatable bonds is 5. The van der Waals surface area contributed by atoms with Crippen molar-refractivity contribution in [2.75, 3.05) is 12.4 Å². The molecule has 1 atom stereocenters. The summed E-state index contributed by atoms with van der Waals surface area (Å²) in [5.74, 6) is 1.55. The molecule has 0 saturated heterocycles. The molecule has 0 radical (unpaired) electrons. The number of hydrogen-bond donors (Lipinski definition) is 1. The number of ether oxygens (including phenoxy) is 1. The van der Waals surface area contributed by atoms with Crippen LogP contribution in [0.25, 0.3) is 22.4 Å². The van der Waals surface area contributed by atoms with Crippen molar-refractivity contribution in [3.05, 3.63) is 41.4 Å². The number of aromatic nitrogens is 6. The van der Waals surface area contributed by atoms with E-state index < -0.39 is 0 Å². The van der Waals surface area contributed by atoms with Crippen molar-refractivity contribution in [2.45, 2.75) is 20.8 Å². The molecule has 8 nitrogen and oxygen atoms in total. The Balaban J connectivity index is 0.00000124. The van der Waals surface area contributed by atoms with Crippen LogP contribution in [0.2, 0.25) is 5.15 Å². The molecular weight excluding hydrogens is 536 g/mol. The Morgan fingerprint density at radius 2 is 1.97 bits per heavy atom. The van der Waals surface area contributed by atoms with Gasteiger partial charge >= 0.3 is 0 Å². The number of fused-ring (bicyclic) bond motifs is 1. The highest BCUT2D eigenvalue weighted by atomic mass is 127. The van der Waals surface area contributed by atoms with Gasteiger partial charge in [0.1, 0.15) is 22.2 Å². The summed E-state index contributed by atoms with van der Waals surface area (Å²) in [4.78, 5) is 10.6. The normalized spacial score (nSPS) is 11.0. The summed E-state index contributed by atoms with van der Waals surface area (Å²) in [5, 5.41) is 12.3. The fourth-order valence-corrected chi connectivity index (χ4v) is 5.32. The zero-order valence-electron chi connectivity index (χ0n) is 17.2. The Morgan fingerprint density at radius 1 is 1.20 bits per heavy atom. The summed E-state index contributed by atoms with van der Waals surface area (Å²) in [7, 11) is 3.41. The van der Waals surface area contributed by atoms with Crippen LogP contribution in [0.1, 0.15) is 19.7 Å². The van der Waals surface area contributed by atoms with Gasteiger partial charge in [0, 0.05) is 18.7 Å². The summed E-state index contributed by atoms with van der Waals surface area (Å²) in [6.45, 7) is 5.96. The van der Waals surface area contributed by atoms with Gasteiger partial charge in [-0.25, -0.2) is 9.97 Å². The highest BCUT2D eigenvalue weighted by Gasteiger charge is 2.17. The molecule has 4 aromatic rings. The van der Waals surface area contributed by atoms with Crippen molar-refractivity contribution < 1.29 is 4.74 Å². The van der Waals surface area contributed by atoms with Gasteiger partial charge in [-0.1, -0.05) is 31.5 Å². The monoisotopic (exact) mass is 557 g/mol.